The van der Waals surface area contributed by atoms with Crippen molar-refractivity contribution in [2.75, 3.05) is 4.90 Å². The van der Waals surface area contributed by atoms with E-state index >= 15 is 0 Å². The highest BCUT2D eigenvalue weighted by molar-refractivity contribution is 6.09. The second kappa shape index (κ2) is 14.7. The first kappa shape index (κ1) is 40.5. The zero-order valence-corrected chi connectivity index (χ0v) is 40.3. The molecule has 4 aliphatic rings. The first-order valence-electron chi connectivity index (χ1n) is 25.4. The molecule has 1 aromatic heterocycles. The Morgan fingerprint density at radius 3 is 1.58 bits per heavy atom. The summed E-state index contributed by atoms with van der Waals surface area (Å²) in [6.45, 7) is 4.73. The summed E-state index contributed by atoms with van der Waals surface area (Å²) in [6.07, 6.45) is 0. The molecule has 12 aromatic rings. The van der Waals surface area contributed by atoms with Crippen LogP contribution < -0.4 is 9.64 Å². The Morgan fingerprint density at radius 2 is 0.822 bits per heavy atom. The Hall–Kier alpha value is -9.18. The fraction of sp³-hybridized carbons (Fsp3) is 0.0571. The standard InChI is InChI=1S/C70H45NO2/c1-69(2)58-28-12-7-23-49(58)51-36-34-43(39-62(51)69)71(64-31-17-27-54-46-20-5-4-19-45(46)52-25-10-16-33-66(52)73-68(54)64)42-35-37-61-55(38-42)47-21-6-3-18-44(47)48-22-8-13-29-59(48)70(61)60-30-14-9-24-50(60)56-40-57-53-26-11-15-32-65(53)72-67(57)41-63(56)70/h3-41H,1-2H3. The van der Waals surface area contributed by atoms with Crippen LogP contribution in [0.5, 0.6) is 11.5 Å². The maximum atomic E-state index is 7.32. The van der Waals surface area contributed by atoms with Gasteiger partial charge in [-0.3, -0.25) is 0 Å². The average Bonchev–Trinajstić information content (AvgIpc) is 3.96. The number of benzene rings is 11. The molecule has 3 nitrogen and oxygen atoms in total. The molecule has 11 aromatic carbocycles. The van der Waals surface area contributed by atoms with Gasteiger partial charge >= 0.3 is 0 Å². The first-order valence-corrected chi connectivity index (χ1v) is 25.4. The Kier molecular flexibility index (Phi) is 8.16. The predicted octanol–water partition coefficient (Wildman–Crippen LogP) is 18.8. The van der Waals surface area contributed by atoms with E-state index in [4.69, 9.17) is 9.15 Å². The molecular formula is C70H45NO2. The van der Waals surface area contributed by atoms with Crippen LogP contribution in [0.15, 0.2) is 241 Å². The molecule has 0 radical (unpaired) electrons. The van der Waals surface area contributed by atoms with E-state index in [2.05, 4.69) is 255 Å². The Morgan fingerprint density at radius 1 is 0.315 bits per heavy atom. The minimum absolute atomic E-state index is 0.213. The topological polar surface area (TPSA) is 25.6 Å². The molecule has 1 unspecified atom stereocenters. The lowest BCUT2D eigenvalue weighted by Crippen LogP contribution is -2.29. The van der Waals surface area contributed by atoms with Crippen molar-refractivity contribution >= 4 is 39.0 Å². The van der Waals surface area contributed by atoms with E-state index in [0.29, 0.717) is 0 Å². The van der Waals surface area contributed by atoms with E-state index in [-0.39, 0.29) is 5.41 Å². The fourth-order valence-corrected chi connectivity index (χ4v) is 13.6. The number of hydrogen-bond donors (Lipinski definition) is 0. The van der Waals surface area contributed by atoms with Crippen LogP contribution >= 0.6 is 0 Å². The summed E-state index contributed by atoms with van der Waals surface area (Å²) in [4.78, 5) is 2.46. The highest BCUT2D eigenvalue weighted by atomic mass is 16.5. The van der Waals surface area contributed by atoms with Gasteiger partial charge in [0.25, 0.3) is 0 Å². The SMILES string of the molecule is CC1(C)c2ccccc2-c2ccc(N(c3ccc4c(c3)-c3ccccc3-c3ccccc3C43c4ccccc4-c4cc5c(cc43)oc3ccccc35)c3cccc4c3Oc3ccccc3-c3ccccc3-4)cc21. The maximum absolute atomic E-state index is 7.32. The number of anilines is 3. The van der Waals surface area contributed by atoms with E-state index in [1.54, 1.807) is 0 Å². The van der Waals surface area contributed by atoms with Crippen LogP contribution in [-0.4, -0.2) is 0 Å². The Bertz CT molecular complexity index is 4360. The van der Waals surface area contributed by atoms with Crippen molar-refractivity contribution in [3.8, 4) is 78.3 Å². The van der Waals surface area contributed by atoms with Crippen LogP contribution in [-0.2, 0) is 10.8 Å². The van der Waals surface area contributed by atoms with Crippen LogP contribution in [0.4, 0.5) is 17.1 Å². The molecule has 1 aliphatic heterocycles. The number of ether oxygens (including phenoxy) is 1. The molecule has 1 spiro atoms. The number of fused-ring (bicyclic) bond motifs is 23. The van der Waals surface area contributed by atoms with Gasteiger partial charge in [0, 0.05) is 38.7 Å². The van der Waals surface area contributed by atoms with Crippen LogP contribution in [0.2, 0.25) is 0 Å². The van der Waals surface area contributed by atoms with Crippen molar-refractivity contribution < 1.29 is 9.15 Å². The first-order chi connectivity index (χ1) is 36.0. The van der Waals surface area contributed by atoms with Crippen LogP contribution in [0, 0.1) is 0 Å². The Labute approximate surface area is 423 Å². The summed E-state index contributed by atoms with van der Waals surface area (Å²) in [5.74, 6) is 1.65. The molecule has 16 rings (SSSR count). The van der Waals surface area contributed by atoms with Gasteiger partial charge in [-0.05, 0) is 144 Å². The molecule has 2 heterocycles. The van der Waals surface area contributed by atoms with E-state index in [9.17, 15) is 0 Å². The summed E-state index contributed by atoms with van der Waals surface area (Å²) in [5.41, 5.74) is 25.8. The number of furan rings is 1. The normalized spacial score (nSPS) is 15.5. The minimum atomic E-state index is -0.697. The third kappa shape index (κ3) is 5.38. The average molecular weight is 932 g/mol. The molecule has 0 fully saturated rings. The zero-order chi connectivity index (χ0) is 48.2. The molecule has 3 aliphatic carbocycles. The third-order valence-electron chi connectivity index (χ3n) is 16.7. The number of nitrogens with zero attached hydrogens (tertiary/aromatic N) is 1. The smallest absolute Gasteiger partial charge is 0.159 e. The molecule has 0 saturated carbocycles. The van der Waals surface area contributed by atoms with E-state index in [1.165, 1.54) is 77.9 Å². The van der Waals surface area contributed by atoms with Gasteiger partial charge in [0.15, 0.2) is 5.75 Å². The van der Waals surface area contributed by atoms with Gasteiger partial charge in [-0.15, -0.1) is 0 Å². The lowest BCUT2D eigenvalue weighted by Gasteiger charge is -2.36. The zero-order valence-electron chi connectivity index (χ0n) is 40.3. The highest BCUT2D eigenvalue weighted by Crippen LogP contribution is 2.63. The number of para-hydroxylation sites is 3. The van der Waals surface area contributed by atoms with Gasteiger partial charge in [-0.25, -0.2) is 0 Å². The molecule has 0 saturated heterocycles. The lowest BCUT2D eigenvalue weighted by molar-refractivity contribution is 0.489. The second-order valence-corrected chi connectivity index (χ2v) is 20.6. The van der Waals surface area contributed by atoms with Gasteiger partial charge in [0.2, 0.25) is 0 Å². The van der Waals surface area contributed by atoms with E-state index in [0.717, 1.165) is 72.8 Å². The molecule has 1 atom stereocenters. The predicted molar refractivity (Wildman–Crippen MR) is 299 cm³/mol. The van der Waals surface area contributed by atoms with Crippen LogP contribution in [0.25, 0.3) is 88.7 Å². The maximum Gasteiger partial charge on any atom is 0.159 e. The summed E-state index contributed by atoms with van der Waals surface area (Å²) >= 11 is 0. The van der Waals surface area contributed by atoms with Crippen molar-refractivity contribution in [1.29, 1.82) is 0 Å². The van der Waals surface area contributed by atoms with Gasteiger partial charge in [0.1, 0.15) is 16.9 Å². The number of hydrogen-bond acceptors (Lipinski definition) is 3. The summed E-state index contributed by atoms with van der Waals surface area (Å²) < 4.78 is 14.1. The molecular weight excluding hydrogens is 887 g/mol. The lowest BCUT2D eigenvalue weighted by atomic mass is 9.66. The van der Waals surface area contributed by atoms with Crippen molar-refractivity contribution in [1.82, 2.24) is 0 Å². The highest BCUT2D eigenvalue weighted by Gasteiger charge is 2.50. The molecule has 0 bridgehead atoms. The molecule has 0 amide bonds. The fourth-order valence-electron chi connectivity index (χ4n) is 13.6. The summed E-state index contributed by atoms with van der Waals surface area (Å²) in [5, 5.41) is 2.26. The van der Waals surface area contributed by atoms with Crippen molar-refractivity contribution in [3.63, 3.8) is 0 Å². The van der Waals surface area contributed by atoms with Gasteiger partial charge in [-0.1, -0.05) is 196 Å². The minimum Gasteiger partial charge on any atom is -0.456 e. The Balaban J connectivity index is 1.00. The van der Waals surface area contributed by atoms with Gasteiger partial charge < -0.3 is 14.1 Å². The quantitative estimate of drug-likeness (QED) is 0.177. The number of rotatable bonds is 3. The molecule has 342 valence electrons. The van der Waals surface area contributed by atoms with Gasteiger partial charge in [-0.2, -0.15) is 0 Å². The van der Waals surface area contributed by atoms with Gasteiger partial charge in [0.05, 0.1) is 11.1 Å². The van der Waals surface area contributed by atoms with E-state index < -0.39 is 5.41 Å². The monoisotopic (exact) mass is 931 g/mol. The molecule has 0 N–H and O–H groups in total. The second-order valence-electron chi connectivity index (χ2n) is 20.6. The van der Waals surface area contributed by atoms with E-state index in [1.807, 2.05) is 0 Å². The van der Waals surface area contributed by atoms with Crippen LogP contribution in [0.1, 0.15) is 47.2 Å². The molecule has 73 heavy (non-hydrogen) atoms. The summed E-state index contributed by atoms with van der Waals surface area (Å²) in [7, 11) is 0. The van der Waals surface area contributed by atoms with Crippen molar-refractivity contribution in [2.24, 2.45) is 0 Å². The van der Waals surface area contributed by atoms with Crippen molar-refractivity contribution in [3.05, 3.63) is 270 Å². The third-order valence-corrected chi connectivity index (χ3v) is 16.7. The molecule has 3 heteroatoms. The van der Waals surface area contributed by atoms with Crippen molar-refractivity contribution in [2.45, 2.75) is 24.7 Å². The van der Waals surface area contributed by atoms with Crippen LogP contribution in [0.3, 0.4) is 0 Å². The summed E-state index contributed by atoms with van der Waals surface area (Å²) in [6, 6.07) is 87.5. The largest absolute Gasteiger partial charge is 0.456 e.